The second kappa shape index (κ2) is 6.65. The Kier molecular flexibility index (Phi) is 5.49. The van der Waals surface area contributed by atoms with Gasteiger partial charge >= 0.3 is 0 Å². The van der Waals surface area contributed by atoms with Gasteiger partial charge in [0, 0.05) is 13.0 Å². The maximum atomic E-state index is 5.77. The van der Waals surface area contributed by atoms with E-state index in [0.29, 0.717) is 11.8 Å². The molecule has 0 aliphatic heterocycles. The molecular formula is C15H24O2. The van der Waals surface area contributed by atoms with E-state index in [1.165, 1.54) is 5.56 Å². The highest BCUT2D eigenvalue weighted by molar-refractivity contribution is 5.29. The second-order valence-corrected chi connectivity index (χ2v) is 4.84. The maximum Gasteiger partial charge on any atom is 0.201 e. The first-order valence-corrected chi connectivity index (χ1v) is 6.37. The van der Waals surface area contributed by atoms with Crippen molar-refractivity contribution in [2.45, 2.75) is 46.3 Å². The Hall–Kier alpha value is -1.02. The van der Waals surface area contributed by atoms with Crippen molar-refractivity contribution in [2.24, 2.45) is 5.92 Å². The number of hydrogen-bond acceptors (Lipinski definition) is 2. The smallest absolute Gasteiger partial charge is 0.201 e. The lowest BCUT2D eigenvalue weighted by Gasteiger charge is -2.21. The Morgan fingerprint density at radius 1 is 1.06 bits per heavy atom. The van der Waals surface area contributed by atoms with Gasteiger partial charge in [0.25, 0.3) is 0 Å². The molecule has 0 fully saturated rings. The molecule has 0 bridgehead atoms. The predicted molar refractivity (Wildman–Crippen MR) is 71.4 cm³/mol. The first kappa shape index (κ1) is 14.0. The van der Waals surface area contributed by atoms with Crippen molar-refractivity contribution in [1.29, 1.82) is 0 Å². The predicted octanol–water partition coefficient (Wildman–Crippen LogP) is 4.21. The van der Waals surface area contributed by atoms with E-state index >= 15 is 0 Å². The number of rotatable bonds is 6. The molecule has 2 unspecified atom stereocenters. The quantitative estimate of drug-likeness (QED) is 0.689. The van der Waals surface area contributed by atoms with Gasteiger partial charge in [-0.1, -0.05) is 39.8 Å². The van der Waals surface area contributed by atoms with E-state index in [2.05, 4.69) is 39.8 Å². The summed E-state index contributed by atoms with van der Waals surface area (Å²) in [5, 5.41) is 0. The summed E-state index contributed by atoms with van der Waals surface area (Å²) < 4.78 is 11.1. The van der Waals surface area contributed by atoms with Crippen LogP contribution in [0, 0.1) is 5.92 Å². The molecule has 2 atom stereocenters. The van der Waals surface area contributed by atoms with Gasteiger partial charge in [-0.25, -0.2) is 0 Å². The van der Waals surface area contributed by atoms with Gasteiger partial charge in [0.15, 0.2) is 0 Å². The standard InChI is InChI=1S/C15H24O2/c1-6-12(4)13-7-9-14(10-8-13)17-15(16-5)11(2)3/h7-12,15H,6H2,1-5H3. The summed E-state index contributed by atoms with van der Waals surface area (Å²) in [6, 6.07) is 8.32. The molecule has 0 amide bonds. The van der Waals surface area contributed by atoms with Crippen LogP contribution in [0.2, 0.25) is 0 Å². The van der Waals surface area contributed by atoms with Crippen LogP contribution in [0.5, 0.6) is 5.75 Å². The zero-order chi connectivity index (χ0) is 12.8. The zero-order valence-corrected chi connectivity index (χ0v) is 11.6. The number of benzene rings is 1. The second-order valence-electron chi connectivity index (χ2n) is 4.84. The highest BCUT2D eigenvalue weighted by Gasteiger charge is 2.13. The molecule has 1 aromatic carbocycles. The first-order chi connectivity index (χ1) is 8.08. The third-order valence-electron chi connectivity index (χ3n) is 3.09. The molecule has 17 heavy (non-hydrogen) atoms. The molecule has 0 aliphatic rings. The highest BCUT2D eigenvalue weighted by Crippen LogP contribution is 2.23. The van der Waals surface area contributed by atoms with Crippen LogP contribution in [0.1, 0.15) is 45.6 Å². The Morgan fingerprint density at radius 3 is 2.06 bits per heavy atom. The first-order valence-electron chi connectivity index (χ1n) is 6.37. The van der Waals surface area contributed by atoms with Gasteiger partial charge in [-0.05, 0) is 30.0 Å². The fourth-order valence-electron chi connectivity index (χ4n) is 1.70. The summed E-state index contributed by atoms with van der Waals surface area (Å²) in [5.74, 6) is 1.82. The van der Waals surface area contributed by atoms with Gasteiger partial charge in [0.05, 0.1) is 0 Å². The highest BCUT2D eigenvalue weighted by atomic mass is 16.7. The molecule has 0 aliphatic carbocycles. The Morgan fingerprint density at radius 2 is 1.65 bits per heavy atom. The van der Waals surface area contributed by atoms with Gasteiger partial charge in [-0.2, -0.15) is 0 Å². The summed E-state index contributed by atoms with van der Waals surface area (Å²) in [5.41, 5.74) is 1.36. The van der Waals surface area contributed by atoms with Crippen LogP contribution in [-0.2, 0) is 4.74 Å². The van der Waals surface area contributed by atoms with Gasteiger partial charge in [0.2, 0.25) is 6.29 Å². The van der Waals surface area contributed by atoms with E-state index in [-0.39, 0.29) is 6.29 Å². The van der Waals surface area contributed by atoms with E-state index in [4.69, 9.17) is 9.47 Å². The third kappa shape index (κ3) is 4.04. The van der Waals surface area contributed by atoms with Crippen LogP contribution in [0.15, 0.2) is 24.3 Å². The van der Waals surface area contributed by atoms with Crippen molar-refractivity contribution < 1.29 is 9.47 Å². The largest absolute Gasteiger partial charge is 0.465 e. The van der Waals surface area contributed by atoms with Crippen LogP contribution in [-0.4, -0.2) is 13.4 Å². The minimum absolute atomic E-state index is 0.176. The summed E-state index contributed by atoms with van der Waals surface area (Å²) in [4.78, 5) is 0. The third-order valence-corrected chi connectivity index (χ3v) is 3.09. The van der Waals surface area contributed by atoms with Crippen LogP contribution in [0.25, 0.3) is 0 Å². The van der Waals surface area contributed by atoms with Crippen LogP contribution in [0.3, 0.4) is 0 Å². The number of ether oxygens (including phenoxy) is 2. The van der Waals surface area contributed by atoms with Gasteiger partial charge in [0.1, 0.15) is 5.75 Å². The average molecular weight is 236 g/mol. The van der Waals surface area contributed by atoms with E-state index in [1.54, 1.807) is 7.11 Å². The summed E-state index contributed by atoms with van der Waals surface area (Å²) in [7, 11) is 1.68. The van der Waals surface area contributed by atoms with Gasteiger partial charge in [-0.15, -0.1) is 0 Å². The summed E-state index contributed by atoms with van der Waals surface area (Å²) >= 11 is 0. The molecule has 0 aromatic heterocycles. The molecule has 96 valence electrons. The zero-order valence-electron chi connectivity index (χ0n) is 11.6. The maximum absolute atomic E-state index is 5.77. The topological polar surface area (TPSA) is 18.5 Å². The lowest BCUT2D eigenvalue weighted by atomic mass is 9.99. The van der Waals surface area contributed by atoms with Gasteiger partial charge in [-0.3, -0.25) is 0 Å². The lowest BCUT2D eigenvalue weighted by molar-refractivity contribution is -0.0833. The SMILES string of the molecule is CCC(C)c1ccc(OC(OC)C(C)C)cc1. The molecular weight excluding hydrogens is 212 g/mol. The molecule has 0 heterocycles. The van der Waals surface area contributed by atoms with E-state index in [9.17, 15) is 0 Å². The summed E-state index contributed by atoms with van der Waals surface area (Å²) in [6.45, 7) is 8.61. The molecule has 2 nitrogen and oxygen atoms in total. The molecule has 0 spiro atoms. The van der Waals surface area contributed by atoms with Gasteiger partial charge < -0.3 is 9.47 Å². The van der Waals surface area contributed by atoms with Crippen molar-refractivity contribution in [1.82, 2.24) is 0 Å². The van der Waals surface area contributed by atoms with Crippen LogP contribution < -0.4 is 4.74 Å². The Bertz CT molecular complexity index is 316. The molecule has 0 radical (unpaired) electrons. The normalized spacial score (nSPS) is 14.7. The Labute approximate surface area is 105 Å². The van der Waals surface area contributed by atoms with Crippen LogP contribution in [0.4, 0.5) is 0 Å². The molecule has 0 saturated heterocycles. The monoisotopic (exact) mass is 236 g/mol. The molecule has 1 rings (SSSR count). The van der Waals surface area contributed by atoms with Crippen molar-refractivity contribution in [3.05, 3.63) is 29.8 Å². The van der Waals surface area contributed by atoms with E-state index < -0.39 is 0 Å². The minimum Gasteiger partial charge on any atom is -0.465 e. The molecule has 2 heteroatoms. The number of methoxy groups -OCH3 is 1. The number of hydrogen-bond donors (Lipinski definition) is 0. The summed E-state index contributed by atoms with van der Waals surface area (Å²) in [6.07, 6.45) is 0.983. The molecule has 0 N–H and O–H groups in total. The molecule has 0 saturated carbocycles. The van der Waals surface area contributed by atoms with Crippen molar-refractivity contribution in [3.63, 3.8) is 0 Å². The van der Waals surface area contributed by atoms with E-state index in [0.717, 1.165) is 12.2 Å². The minimum atomic E-state index is -0.176. The van der Waals surface area contributed by atoms with E-state index in [1.807, 2.05) is 12.1 Å². The average Bonchev–Trinajstić information content (AvgIpc) is 2.35. The van der Waals surface area contributed by atoms with Crippen molar-refractivity contribution in [2.75, 3.05) is 7.11 Å². The fourth-order valence-corrected chi connectivity index (χ4v) is 1.70. The van der Waals surface area contributed by atoms with Crippen LogP contribution >= 0.6 is 0 Å². The van der Waals surface area contributed by atoms with Crippen molar-refractivity contribution >= 4 is 0 Å². The lowest BCUT2D eigenvalue weighted by Crippen LogP contribution is -2.24. The van der Waals surface area contributed by atoms with Crippen molar-refractivity contribution in [3.8, 4) is 5.75 Å². The Balaban J connectivity index is 2.67. The fraction of sp³-hybridized carbons (Fsp3) is 0.600. The molecule has 1 aromatic rings.